The van der Waals surface area contributed by atoms with E-state index in [0.29, 0.717) is 65.5 Å². The molecule has 1 aliphatic heterocycles. The first-order valence-electron chi connectivity index (χ1n) is 14.1. The van der Waals surface area contributed by atoms with E-state index in [9.17, 15) is 41.4 Å². The first-order chi connectivity index (χ1) is 21.2. The van der Waals surface area contributed by atoms with Crippen molar-refractivity contribution in [2.45, 2.75) is 57.8 Å². The number of hydrogen-bond acceptors (Lipinski definition) is 6. The summed E-state index contributed by atoms with van der Waals surface area (Å²) in [6.45, 7) is 3.33. The molecule has 1 aromatic heterocycles. The second-order valence-electron chi connectivity index (χ2n) is 10.7. The lowest BCUT2D eigenvalue weighted by Crippen LogP contribution is -2.43. The molecule has 2 heterocycles. The van der Waals surface area contributed by atoms with Gasteiger partial charge in [-0.25, -0.2) is 13.6 Å². The zero-order valence-corrected chi connectivity index (χ0v) is 24.9. The first kappa shape index (κ1) is 33.3. The second kappa shape index (κ2) is 13.2. The molecule has 0 aliphatic carbocycles. The van der Waals surface area contributed by atoms with E-state index in [0.717, 1.165) is 0 Å². The van der Waals surface area contributed by atoms with E-state index in [1.165, 1.54) is 18.6 Å². The molecule has 1 amide bonds. The van der Waals surface area contributed by atoms with Crippen LogP contribution >= 0.6 is 0 Å². The SMILES string of the molecule is CC[C@@H](Nc1cc(F)c(C(=O)N[C@@H](Cc2ccc(-c3c(OC)cc(C)n(C)c3=O)c3c2CCCO3)C(=O)O)c(F)c1)C(F)(F)F. The molecule has 3 N–H and O–H groups in total. The number of carboxylic acids is 1. The van der Waals surface area contributed by atoms with E-state index >= 15 is 0 Å². The lowest BCUT2D eigenvalue weighted by molar-refractivity contribution is -0.143. The van der Waals surface area contributed by atoms with Crippen LogP contribution in [0.1, 0.15) is 46.9 Å². The van der Waals surface area contributed by atoms with Crippen LogP contribution in [0.25, 0.3) is 11.1 Å². The molecule has 0 unspecified atom stereocenters. The molecule has 45 heavy (non-hydrogen) atoms. The number of alkyl halides is 3. The Hall–Kier alpha value is -4.62. The van der Waals surface area contributed by atoms with E-state index in [4.69, 9.17) is 9.47 Å². The van der Waals surface area contributed by atoms with Crippen molar-refractivity contribution in [2.24, 2.45) is 7.05 Å². The highest BCUT2D eigenvalue weighted by molar-refractivity contribution is 5.97. The van der Waals surface area contributed by atoms with Crippen LogP contribution in [0.15, 0.2) is 35.1 Å². The maximum Gasteiger partial charge on any atom is 0.408 e. The van der Waals surface area contributed by atoms with Crippen molar-refractivity contribution in [3.8, 4) is 22.6 Å². The number of nitrogens with one attached hydrogen (secondary N) is 2. The van der Waals surface area contributed by atoms with E-state index < -0.39 is 59.4 Å². The summed E-state index contributed by atoms with van der Waals surface area (Å²) in [6, 6.07) is 2.23. The topological polar surface area (TPSA) is 119 Å². The number of benzene rings is 2. The predicted molar refractivity (Wildman–Crippen MR) is 155 cm³/mol. The fourth-order valence-corrected chi connectivity index (χ4v) is 5.26. The smallest absolute Gasteiger partial charge is 0.408 e. The molecule has 0 spiro atoms. The first-order valence-corrected chi connectivity index (χ1v) is 14.1. The summed E-state index contributed by atoms with van der Waals surface area (Å²) in [5.41, 5.74) is 0.410. The number of rotatable bonds is 10. The monoisotopic (exact) mass is 637 g/mol. The van der Waals surface area contributed by atoms with Crippen LogP contribution in [0.4, 0.5) is 27.6 Å². The van der Waals surface area contributed by atoms with Gasteiger partial charge in [-0.3, -0.25) is 9.59 Å². The Morgan fingerprint density at radius 2 is 1.82 bits per heavy atom. The van der Waals surface area contributed by atoms with E-state index in [1.54, 1.807) is 32.2 Å². The number of nitrogens with zero attached hydrogens (tertiary/aromatic N) is 1. The average molecular weight is 638 g/mol. The molecule has 3 aromatic rings. The standard InChI is InChI=1S/C31H32F5N3O6/c1-5-24(31(34,35)36)37-17-13-20(32)26(21(33)14-17)28(40)38-22(30(42)43)12-16-8-9-19(27-18(16)7-6-10-45-27)25-23(44-4)11-15(2)39(3)29(25)41/h8-9,11,13-14,22,24,37H,5-7,10,12H2,1-4H3,(H,38,40)(H,42,43)/t22-,24+/m0/s1. The van der Waals surface area contributed by atoms with Gasteiger partial charge in [0.05, 0.1) is 19.3 Å². The van der Waals surface area contributed by atoms with Crippen molar-refractivity contribution >= 4 is 17.6 Å². The zero-order valence-electron chi connectivity index (χ0n) is 24.9. The predicted octanol–water partition coefficient (Wildman–Crippen LogP) is 5.15. The van der Waals surface area contributed by atoms with E-state index in [1.807, 2.05) is 5.32 Å². The number of carbonyl (C=O) groups is 2. The summed E-state index contributed by atoms with van der Waals surface area (Å²) < 4.78 is 81.9. The van der Waals surface area contributed by atoms with Crippen molar-refractivity contribution < 1.29 is 46.1 Å². The molecule has 0 saturated heterocycles. The third kappa shape index (κ3) is 6.89. The number of halogens is 5. The number of carbonyl (C=O) groups excluding carboxylic acids is 1. The highest BCUT2D eigenvalue weighted by Gasteiger charge is 2.38. The molecule has 0 saturated carbocycles. The molecule has 0 radical (unpaired) electrons. The van der Waals surface area contributed by atoms with Crippen LogP contribution < -0.4 is 25.7 Å². The van der Waals surface area contributed by atoms with Crippen LogP contribution in [-0.4, -0.2) is 53.5 Å². The Balaban J connectivity index is 1.65. The molecule has 9 nitrogen and oxygen atoms in total. The quantitative estimate of drug-likeness (QED) is 0.263. The van der Waals surface area contributed by atoms with Gasteiger partial charge in [0, 0.05) is 36.5 Å². The third-order valence-corrected chi connectivity index (χ3v) is 7.74. The Labute approximate surface area is 255 Å². The van der Waals surface area contributed by atoms with Gasteiger partial charge >= 0.3 is 12.1 Å². The summed E-state index contributed by atoms with van der Waals surface area (Å²) in [4.78, 5) is 38.3. The molecule has 2 aromatic carbocycles. The van der Waals surface area contributed by atoms with Crippen molar-refractivity contribution in [2.75, 3.05) is 19.0 Å². The maximum atomic E-state index is 14.8. The van der Waals surface area contributed by atoms with Gasteiger partial charge < -0.3 is 29.8 Å². The van der Waals surface area contributed by atoms with Gasteiger partial charge in [0.25, 0.3) is 11.5 Å². The van der Waals surface area contributed by atoms with E-state index in [-0.39, 0.29) is 17.5 Å². The second-order valence-corrected chi connectivity index (χ2v) is 10.7. The normalized spacial score (nSPS) is 14.2. The fraction of sp³-hybridized carbons (Fsp3) is 0.387. The molecule has 14 heteroatoms. The van der Waals surface area contributed by atoms with Gasteiger partial charge in [0.2, 0.25) is 0 Å². The number of ether oxygens (including phenoxy) is 2. The molecule has 242 valence electrons. The average Bonchev–Trinajstić information content (AvgIpc) is 2.97. The van der Waals surface area contributed by atoms with Gasteiger partial charge in [-0.1, -0.05) is 19.1 Å². The molecule has 0 bridgehead atoms. The van der Waals surface area contributed by atoms with E-state index in [2.05, 4.69) is 5.32 Å². The fourth-order valence-electron chi connectivity index (χ4n) is 5.26. The Morgan fingerprint density at radius 3 is 2.40 bits per heavy atom. The number of anilines is 1. The Bertz CT molecular complexity index is 1660. The lowest BCUT2D eigenvalue weighted by atomic mass is 9.90. The number of aryl methyl sites for hydroxylation is 1. The Kier molecular flexibility index (Phi) is 9.74. The number of pyridine rings is 1. The molecule has 4 rings (SSSR count). The zero-order chi connectivity index (χ0) is 33.2. The number of aliphatic carboxylic acids is 1. The van der Waals surface area contributed by atoms with Crippen molar-refractivity contribution in [3.63, 3.8) is 0 Å². The van der Waals surface area contributed by atoms with Gasteiger partial charge in [-0.05, 0) is 49.4 Å². The number of hydrogen-bond donors (Lipinski definition) is 3. The summed E-state index contributed by atoms with van der Waals surface area (Å²) in [5.74, 6) is -5.16. The largest absolute Gasteiger partial charge is 0.496 e. The minimum absolute atomic E-state index is 0.253. The van der Waals surface area contributed by atoms with Gasteiger partial charge in [-0.15, -0.1) is 0 Å². The highest BCUT2D eigenvalue weighted by atomic mass is 19.4. The highest BCUT2D eigenvalue weighted by Crippen LogP contribution is 2.41. The van der Waals surface area contributed by atoms with Crippen molar-refractivity contribution in [3.05, 3.63) is 74.7 Å². The number of aromatic nitrogens is 1. The minimum Gasteiger partial charge on any atom is -0.496 e. The molecule has 1 aliphatic rings. The lowest BCUT2D eigenvalue weighted by Gasteiger charge is -2.25. The van der Waals surface area contributed by atoms with Crippen molar-refractivity contribution in [1.82, 2.24) is 9.88 Å². The van der Waals surface area contributed by atoms with Crippen molar-refractivity contribution in [1.29, 1.82) is 0 Å². The minimum atomic E-state index is -4.68. The summed E-state index contributed by atoms with van der Waals surface area (Å²) in [5, 5.41) is 14.0. The number of amides is 1. The van der Waals surface area contributed by atoms with Crippen LogP contribution in [0.3, 0.4) is 0 Å². The number of fused-ring (bicyclic) bond motifs is 1. The van der Waals surface area contributed by atoms with Gasteiger partial charge in [-0.2, -0.15) is 13.2 Å². The number of methoxy groups -OCH3 is 1. The van der Waals surface area contributed by atoms with Crippen LogP contribution in [-0.2, 0) is 24.7 Å². The van der Waals surface area contributed by atoms with Crippen LogP contribution in [0, 0.1) is 18.6 Å². The molecular weight excluding hydrogens is 605 g/mol. The molecular formula is C31H32F5N3O6. The third-order valence-electron chi connectivity index (χ3n) is 7.74. The molecule has 0 fully saturated rings. The van der Waals surface area contributed by atoms with Crippen LogP contribution in [0.5, 0.6) is 11.5 Å². The Morgan fingerprint density at radius 1 is 1.16 bits per heavy atom. The summed E-state index contributed by atoms with van der Waals surface area (Å²) in [7, 11) is 3.04. The molecule has 2 atom stereocenters. The summed E-state index contributed by atoms with van der Waals surface area (Å²) >= 11 is 0. The maximum absolute atomic E-state index is 14.8. The van der Waals surface area contributed by atoms with Gasteiger partial charge in [0.15, 0.2) is 0 Å². The van der Waals surface area contributed by atoms with Gasteiger partial charge in [0.1, 0.15) is 40.8 Å². The summed E-state index contributed by atoms with van der Waals surface area (Å²) in [6.07, 6.45) is -4.36. The number of carboxylic acid groups (broad SMARTS) is 1. The van der Waals surface area contributed by atoms with Crippen LogP contribution in [0.2, 0.25) is 0 Å².